The molecule has 0 N–H and O–H groups in total. The number of hydrogen-bond donors (Lipinski definition) is 0. The lowest BCUT2D eigenvalue weighted by atomic mass is 9.80. The number of esters is 1. The molecule has 1 aliphatic rings. The largest absolute Gasteiger partial charge is 0.497 e. The first-order valence-corrected chi connectivity index (χ1v) is 13.3. The topological polar surface area (TPSA) is 92.0 Å². The number of anilines is 1. The summed E-state index contributed by atoms with van der Waals surface area (Å²) in [4.78, 5) is 42.3. The predicted molar refractivity (Wildman–Crippen MR) is 149 cm³/mol. The Hall–Kier alpha value is -4.01. The van der Waals surface area contributed by atoms with E-state index in [-0.39, 0.29) is 29.9 Å². The smallest absolute Gasteiger partial charge is 0.308 e. The number of ether oxygens (including phenoxy) is 3. The second-order valence-corrected chi connectivity index (χ2v) is 9.82. The van der Waals surface area contributed by atoms with Crippen molar-refractivity contribution < 1.29 is 23.8 Å². The molecule has 1 aromatic heterocycles. The normalized spacial score (nSPS) is 16.9. The fourth-order valence-electron chi connectivity index (χ4n) is 5.39. The Morgan fingerprint density at radius 3 is 2.41 bits per heavy atom. The molecule has 9 nitrogen and oxygen atoms in total. The molecular formula is C30H37N3O6. The van der Waals surface area contributed by atoms with Gasteiger partial charge in [-0.3, -0.25) is 19.1 Å². The molecule has 4 rings (SSSR count). The van der Waals surface area contributed by atoms with Gasteiger partial charge >= 0.3 is 5.97 Å². The van der Waals surface area contributed by atoms with Gasteiger partial charge in [-0.1, -0.05) is 24.6 Å². The fraction of sp³-hybridized carbons (Fsp3) is 0.433. The summed E-state index contributed by atoms with van der Waals surface area (Å²) in [6, 6.07) is 14.7. The Labute approximate surface area is 228 Å². The van der Waals surface area contributed by atoms with Crippen molar-refractivity contribution in [2.24, 2.45) is 18.9 Å². The summed E-state index contributed by atoms with van der Waals surface area (Å²) in [5.74, 6) is -0.0180. The van der Waals surface area contributed by atoms with Crippen LogP contribution in [0.1, 0.15) is 43.9 Å². The van der Waals surface area contributed by atoms with E-state index in [0.29, 0.717) is 54.4 Å². The first-order chi connectivity index (χ1) is 18.8. The highest BCUT2D eigenvalue weighted by atomic mass is 16.5. The van der Waals surface area contributed by atoms with E-state index in [9.17, 15) is 14.4 Å². The number of benzene rings is 2. The summed E-state index contributed by atoms with van der Waals surface area (Å²) in [6.07, 6.45) is 2.47. The van der Waals surface area contributed by atoms with Crippen molar-refractivity contribution in [3.8, 4) is 17.2 Å². The van der Waals surface area contributed by atoms with Gasteiger partial charge in [0.2, 0.25) is 5.91 Å². The second kappa shape index (κ2) is 12.2. The molecular weight excluding hydrogens is 498 g/mol. The van der Waals surface area contributed by atoms with Crippen molar-refractivity contribution in [3.63, 3.8) is 0 Å². The number of methoxy groups -OCH3 is 2. The second-order valence-electron chi connectivity index (χ2n) is 9.82. The van der Waals surface area contributed by atoms with Crippen molar-refractivity contribution in [2.75, 3.05) is 25.7 Å². The van der Waals surface area contributed by atoms with Gasteiger partial charge in [-0.25, -0.2) is 4.68 Å². The van der Waals surface area contributed by atoms with Crippen LogP contribution >= 0.6 is 0 Å². The van der Waals surface area contributed by atoms with Crippen LogP contribution in [0.4, 0.5) is 5.69 Å². The van der Waals surface area contributed by atoms with Gasteiger partial charge in [-0.2, -0.15) is 0 Å². The molecule has 2 atom stereocenters. The van der Waals surface area contributed by atoms with E-state index in [1.54, 1.807) is 54.6 Å². The van der Waals surface area contributed by atoms with Crippen LogP contribution in [0.5, 0.6) is 11.5 Å². The monoisotopic (exact) mass is 535 g/mol. The van der Waals surface area contributed by atoms with Crippen LogP contribution in [-0.2, 0) is 27.9 Å². The first-order valence-electron chi connectivity index (χ1n) is 13.3. The Balaban J connectivity index is 1.79. The quantitative estimate of drug-likeness (QED) is 0.377. The molecule has 1 fully saturated rings. The molecule has 0 radical (unpaired) electrons. The molecule has 0 spiro atoms. The molecule has 0 bridgehead atoms. The van der Waals surface area contributed by atoms with E-state index >= 15 is 0 Å². The minimum Gasteiger partial charge on any atom is -0.497 e. The molecule has 1 aliphatic carbocycles. The van der Waals surface area contributed by atoms with Crippen LogP contribution < -0.4 is 19.9 Å². The zero-order valence-corrected chi connectivity index (χ0v) is 23.3. The van der Waals surface area contributed by atoms with Gasteiger partial charge in [0.05, 0.1) is 44.7 Å². The maximum atomic E-state index is 14.3. The van der Waals surface area contributed by atoms with Gasteiger partial charge in [0.1, 0.15) is 17.2 Å². The molecule has 1 saturated carbocycles. The molecule has 2 aromatic carbocycles. The summed E-state index contributed by atoms with van der Waals surface area (Å²) in [5, 5.41) is 0. The Morgan fingerprint density at radius 1 is 1.03 bits per heavy atom. The number of hydrogen-bond acceptors (Lipinski definition) is 6. The van der Waals surface area contributed by atoms with Gasteiger partial charge in [0, 0.05) is 24.6 Å². The fourth-order valence-corrected chi connectivity index (χ4v) is 5.39. The number of rotatable bonds is 9. The molecule has 1 amide bonds. The zero-order chi connectivity index (χ0) is 28.1. The number of nitrogens with zero attached hydrogens (tertiary/aromatic N) is 3. The van der Waals surface area contributed by atoms with Crippen LogP contribution in [-0.4, -0.2) is 42.1 Å². The van der Waals surface area contributed by atoms with Crippen molar-refractivity contribution in [1.82, 2.24) is 9.36 Å². The standard InChI is InChI=1S/C30H37N3O6/c1-6-39-30(36)22-12-10-11-21(17-22)28(34)32(19-23-15-16-25(37-4)18-26(23)38-5)27-20(2)31(3)33(29(27)35)24-13-8-7-9-14-24/h7-9,13-16,18,21-22H,6,10-12,17,19H2,1-5H3/t21-,22+/m1/s1. The van der Waals surface area contributed by atoms with E-state index < -0.39 is 5.92 Å². The average molecular weight is 536 g/mol. The molecule has 3 aromatic rings. The average Bonchev–Trinajstić information content (AvgIpc) is 3.19. The van der Waals surface area contributed by atoms with Crippen molar-refractivity contribution in [1.29, 1.82) is 0 Å². The third kappa shape index (κ3) is 5.72. The summed E-state index contributed by atoms with van der Waals surface area (Å²) >= 11 is 0. The molecule has 208 valence electrons. The van der Waals surface area contributed by atoms with Crippen LogP contribution in [0.25, 0.3) is 5.69 Å². The zero-order valence-electron chi connectivity index (χ0n) is 23.3. The SMILES string of the molecule is CCOC(=O)[C@H]1CCC[C@@H](C(=O)N(Cc2ccc(OC)cc2OC)c2c(C)n(C)n(-c3ccccc3)c2=O)C1. The first kappa shape index (κ1) is 28.0. The highest BCUT2D eigenvalue weighted by molar-refractivity contribution is 5.96. The van der Waals surface area contributed by atoms with Crippen LogP contribution in [0.2, 0.25) is 0 Å². The third-order valence-corrected chi connectivity index (χ3v) is 7.53. The van der Waals surface area contributed by atoms with Crippen molar-refractivity contribution >= 4 is 17.6 Å². The van der Waals surface area contributed by atoms with Crippen molar-refractivity contribution in [3.05, 3.63) is 70.1 Å². The van der Waals surface area contributed by atoms with Gasteiger partial charge in [0.25, 0.3) is 5.56 Å². The lowest BCUT2D eigenvalue weighted by Crippen LogP contribution is -2.41. The lowest BCUT2D eigenvalue weighted by molar-refractivity contribution is -0.150. The highest BCUT2D eigenvalue weighted by Crippen LogP contribution is 2.34. The Kier molecular flexibility index (Phi) is 8.79. The van der Waals surface area contributed by atoms with Gasteiger partial charge in [0.15, 0.2) is 0 Å². The van der Waals surface area contributed by atoms with E-state index in [2.05, 4.69) is 0 Å². The number of carbonyl (C=O) groups is 2. The number of para-hydroxylation sites is 1. The minimum absolute atomic E-state index is 0.126. The van der Waals surface area contributed by atoms with Gasteiger partial charge < -0.3 is 19.1 Å². The molecule has 0 aliphatic heterocycles. The third-order valence-electron chi connectivity index (χ3n) is 7.53. The number of carbonyl (C=O) groups excluding carboxylic acids is 2. The summed E-state index contributed by atoms with van der Waals surface area (Å²) in [6.45, 7) is 4.05. The number of aromatic nitrogens is 2. The van der Waals surface area contributed by atoms with Crippen LogP contribution in [0, 0.1) is 18.8 Å². The number of amides is 1. The Morgan fingerprint density at radius 2 is 1.74 bits per heavy atom. The summed E-state index contributed by atoms with van der Waals surface area (Å²) in [7, 11) is 4.94. The molecule has 39 heavy (non-hydrogen) atoms. The van der Waals surface area contributed by atoms with Crippen LogP contribution in [0.15, 0.2) is 53.3 Å². The summed E-state index contributed by atoms with van der Waals surface area (Å²) in [5.41, 5.74) is 2.11. The van der Waals surface area contributed by atoms with E-state index in [4.69, 9.17) is 14.2 Å². The lowest BCUT2D eigenvalue weighted by Gasteiger charge is -2.32. The van der Waals surface area contributed by atoms with E-state index in [1.165, 1.54) is 0 Å². The molecule has 1 heterocycles. The predicted octanol–water partition coefficient (Wildman–Crippen LogP) is 4.40. The maximum Gasteiger partial charge on any atom is 0.308 e. The van der Waals surface area contributed by atoms with E-state index in [1.807, 2.05) is 43.3 Å². The van der Waals surface area contributed by atoms with Gasteiger partial charge in [-0.15, -0.1) is 0 Å². The maximum absolute atomic E-state index is 14.3. The molecule has 0 saturated heterocycles. The summed E-state index contributed by atoms with van der Waals surface area (Å²) < 4.78 is 19.6. The molecule has 0 unspecified atom stereocenters. The Bertz CT molecular complexity index is 1380. The van der Waals surface area contributed by atoms with Crippen LogP contribution in [0.3, 0.4) is 0 Å². The minimum atomic E-state index is -0.415. The molecule has 9 heteroatoms. The van der Waals surface area contributed by atoms with E-state index in [0.717, 1.165) is 12.0 Å². The van der Waals surface area contributed by atoms with Gasteiger partial charge in [-0.05, 0) is 57.4 Å². The van der Waals surface area contributed by atoms with Crippen molar-refractivity contribution in [2.45, 2.75) is 46.1 Å². The highest BCUT2D eigenvalue weighted by Gasteiger charge is 2.37.